The molecule has 2 fully saturated rings. The topological polar surface area (TPSA) is 86.8 Å². The Hall–Kier alpha value is -1.97. The molecule has 0 radical (unpaired) electrons. The number of nitrogens with one attached hydrogen (secondary N) is 1. The van der Waals surface area contributed by atoms with Crippen LogP contribution in [0.5, 0.6) is 0 Å². The van der Waals surface area contributed by atoms with Gasteiger partial charge in [0.05, 0.1) is 11.1 Å². The summed E-state index contributed by atoms with van der Waals surface area (Å²) >= 11 is 2.41. The molecule has 0 aliphatic carbocycles. The number of nitrogens with zero attached hydrogens (tertiary/aromatic N) is 2. The third-order valence-corrected chi connectivity index (χ3v) is 5.94. The van der Waals surface area contributed by atoms with E-state index in [1.54, 1.807) is 12.1 Å². The van der Waals surface area contributed by atoms with Gasteiger partial charge in [-0.15, -0.1) is 0 Å². The molecule has 0 bridgehead atoms. The van der Waals surface area contributed by atoms with Crippen molar-refractivity contribution in [2.75, 3.05) is 18.0 Å². The number of benzene rings is 1. The number of carbonyl (C=O) groups is 4. The summed E-state index contributed by atoms with van der Waals surface area (Å²) in [5.41, 5.74) is 1.58. The van der Waals surface area contributed by atoms with Gasteiger partial charge >= 0.3 is 0 Å². The predicted octanol–water partition coefficient (Wildman–Crippen LogP) is 1.10. The zero-order chi connectivity index (χ0) is 17.7. The van der Waals surface area contributed by atoms with Crippen LogP contribution in [0.2, 0.25) is 0 Å². The fraction of sp³-hybridized carbons (Fsp3) is 0.412. The predicted molar refractivity (Wildman–Crippen MR) is 97.8 cm³/mol. The Bertz CT molecular complexity index is 809. The number of alkyl halides is 1. The fourth-order valence-corrected chi connectivity index (χ4v) is 4.36. The largest absolute Gasteiger partial charge is 0.370 e. The molecule has 2 atom stereocenters. The zero-order valence-electron chi connectivity index (χ0n) is 13.3. The molecule has 2 saturated heterocycles. The smallest absolute Gasteiger partial charge is 0.262 e. The summed E-state index contributed by atoms with van der Waals surface area (Å²) in [5, 5.41) is 2.20. The van der Waals surface area contributed by atoms with Crippen LogP contribution < -0.4 is 10.2 Å². The number of fused-ring (bicyclic) bond motifs is 1. The third-order valence-electron chi connectivity index (χ3n) is 4.92. The van der Waals surface area contributed by atoms with Gasteiger partial charge in [0.2, 0.25) is 11.8 Å². The number of anilines is 1. The second-order valence-electron chi connectivity index (χ2n) is 6.51. The molecule has 0 saturated carbocycles. The SMILES string of the molecule is O=C1CCC(N2C(=O)c3ccc(N4CCC(I)C4)cc3C2=O)C(=O)N1. The molecular weight excluding hydrogens is 437 g/mol. The summed E-state index contributed by atoms with van der Waals surface area (Å²) < 4.78 is 0.572. The molecule has 4 amide bonds. The van der Waals surface area contributed by atoms with E-state index in [9.17, 15) is 19.2 Å². The molecule has 0 spiro atoms. The van der Waals surface area contributed by atoms with E-state index in [4.69, 9.17) is 0 Å². The van der Waals surface area contributed by atoms with E-state index < -0.39 is 23.8 Å². The monoisotopic (exact) mass is 453 g/mol. The van der Waals surface area contributed by atoms with Crippen LogP contribution in [0.15, 0.2) is 18.2 Å². The minimum absolute atomic E-state index is 0.125. The first kappa shape index (κ1) is 16.5. The summed E-state index contributed by atoms with van der Waals surface area (Å²) in [4.78, 5) is 52.0. The van der Waals surface area contributed by atoms with Crippen LogP contribution in [0.4, 0.5) is 5.69 Å². The molecule has 4 rings (SSSR count). The van der Waals surface area contributed by atoms with E-state index in [-0.39, 0.29) is 18.7 Å². The van der Waals surface area contributed by atoms with Crippen LogP contribution in [-0.2, 0) is 9.59 Å². The molecule has 3 aliphatic rings. The number of rotatable bonds is 2. The summed E-state index contributed by atoms with van der Waals surface area (Å²) in [6.45, 7) is 1.84. The van der Waals surface area contributed by atoms with Gasteiger partial charge in [-0.1, -0.05) is 22.6 Å². The van der Waals surface area contributed by atoms with Gasteiger partial charge in [-0.2, -0.15) is 0 Å². The number of hydrogen-bond donors (Lipinski definition) is 1. The van der Waals surface area contributed by atoms with Gasteiger partial charge in [0, 0.05) is 29.1 Å². The van der Waals surface area contributed by atoms with Crippen molar-refractivity contribution < 1.29 is 19.2 Å². The van der Waals surface area contributed by atoms with Crippen molar-refractivity contribution in [2.45, 2.75) is 29.2 Å². The molecular formula is C17H16IN3O4. The lowest BCUT2D eigenvalue weighted by Gasteiger charge is -2.27. The molecule has 1 N–H and O–H groups in total. The van der Waals surface area contributed by atoms with E-state index in [1.807, 2.05) is 6.07 Å². The Morgan fingerprint density at radius 3 is 2.48 bits per heavy atom. The number of halogens is 1. The summed E-state index contributed by atoms with van der Waals surface area (Å²) in [6.07, 6.45) is 1.39. The Morgan fingerprint density at radius 2 is 1.80 bits per heavy atom. The maximum atomic E-state index is 12.8. The van der Waals surface area contributed by atoms with Crippen molar-refractivity contribution in [3.63, 3.8) is 0 Å². The molecule has 25 heavy (non-hydrogen) atoms. The highest BCUT2D eigenvalue weighted by Crippen LogP contribution is 2.32. The van der Waals surface area contributed by atoms with Crippen molar-refractivity contribution in [1.82, 2.24) is 10.2 Å². The van der Waals surface area contributed by atoms with Gasteiger partial charge in [0.1, 0.15) is 6.04 Å². The van der Waals surface area contributed by atoms with Crippen LogP contribution in [0.25, 0.3) is 0 Å². The van der Waals surface area contributed by atoms with Gasteiger partial charge in [0.25, 0.3) is 11.8 Å². The van der Waals surface area contributed by atoms with Crippen LogP contribution >= 0.6 is 22.6 Å². The van der Waals surface area contributed by atoms with Gasteiger partial charge in [-0.05, 0) is 31.0 Å². The van der Waals surface area contributed by atoms with Crippen molar-refractivity contribution in [3.05, 3.63) is 29.3 Å². The molecule has 3 heterocycles. The van der Waals surface area contributed by atoms with E-state index in [0.29, 0.717) is 15.1 Å². The summed E-state index contributed by atoms with van der Waals surface area (Å²) in [6, 6.07) is 4.35. The molecule has 0 aromatic heterocycles. The van der Waals surface area contributed by atoms with Crippen molar-refractivity contribution >= 4 is 51.9 Å². The summed E-state index contributed by atoms with van der Waals surface area (Å²) in [7, 11) is 0. The van der Waals surface area contributed by atoms with E-state index in [0.717, 1.165) is 30.1 Å². The van der Waals surface area contributed by atoms with Gasteiger partial charge in [-0.3, -0.25) is 29.4 Å². The van der Waals surface area contributed by atoms with Crippen LogP contribution in [0, 0.1) is 0 Å². The Balaban J connectivity index is 1.63. The fourth-order valence-electron chi connectivity index (χ4n) is 3.61. The Kier molecular flexibility index (Phi) is 4.01. The molecule has 1 aromatic carbocycles. The van der Waals surface area contributed by atoms with Gasteiger partial charge in [-0.25, -0.2) is 0 Å². The van der Waals surface area contributed by atoms with Crippen molar-refractivity contribution in [2.24, 2.45) is 0 Å². The molecule has 1 aromatic rings. The molecule has 130 valence electrons. The maximum absolute atomic E-state index is 12.8. The lowest BCUT2D eigenvalue weighted by Crippen LogP contribution is -2.54. The molecule has 8 heteroatoms. The number of carbonyl (C=O) groups excluding carboxylic acids is 4. The number of amides is 4. The zero-order valence-corrected chi connectivity index (χ0v) is 15.5. The van der Waals surface area contributed by atoms with Gasteiger partial charge in [0.15, 0.2) is 0 Å². The van der Waals surface area contributed by atoms with Crippen LogP contribution in [-0.4, -0.2) is 51.6 Å². The highest BCUT2D eigenvalue weighted by Gasteiger charge is 2.44. The lowest BCUT2D eigenvalue weighted by atomic mass is 10.0. The van der Waals surface area contributed by atoms with Gasteiger partial charge < -0.3 is 4.90 Å². The minimum Gasteiger partial charge on any atom is -0.370 e. The van der Waals surface area contributed by atoms with Crippen LogP contribution in [0.3, 0.4) is 0 Å². The Morgan fingerprint density at radius 1 is 1.04 bits per heavy atom. The average molecular weight is 453 g/mol. The highest BCUT2D eigenvalue weighted by atomic mass is 127. The van der Waals surface area contributed by atoms with E-state index >= 15 is 0 Å². The summed E-state index contributed by atoms with van der Waals surface area (Å²) in [5.74, 6) is -1.88. The lowest BCUT2D eigenvalue weighted by molar-refractivity contribution is -0.136. The first-order valence-electron chi connectivity index (χ1n) is 8.20. The molecule has 2 unspecified atom stereocenters. The average Bonchev–Trinajstić information content (AvgIpc) is 3.11. The first-order valence-corrected chi connectivity index (χ1v) is 9.45. The minimum atomic E-state index is -0.918. The van der Waals surface area contributed by atoms with Crippen molar-refractivity contribution in [1.29, 1.82) is 0 Å². The standard InChI is InChI=1S/C17H16IN3O4/c18-9-5-6-20(8-9)10-1-2-11-12(7-10)17(25)21(16(11)24)13-3-4-14(22)19-15(13)23/h1-2,7,9,13H,3-6,8H2,(H,19,22,23). The van der Waals surface area contributed by atoms with E-state index in [1.165, 1.54) is 0 Å². The van der Waals surface area contributed by atoms with Crippen LogP contribution in [0.1, 0.15) is 40.0 Å². The normalized spacial score (nSPS) is 26.3. The number of hydrogen-bond acceptors (Lipinski definition) is 5. The molecule has 3 aliphatic heterocycles. The number of piperidine rings is 1. The van der Waals surface area contributed by atoms with Crippen molar-refractivity contribution in [3.8, 4) is 0 Å². The molecule has 7 nitrogen and oxygen atoms in total. The second-order valence-corrected chi connectivity index (χ2v) is 8.27. The first-order chi connectivity index (χ1) is 12.0. The van der Waals surface area contributed by atoms with E-state index in [2.05, 4.69) is 32.8 Å². The third kappa shape index (κ3) is 2.72. The second kappa shape index (κ2) is 6.08. The highest BCUT2D eigenvalue weighted by molar-refractivity contribution is 14.1. The quantitative estimate of drug-likeness (QED) is 0.412. The maximum Gasteiger partial charge on any atom is 0.262 e. The Labute approximate surface area is 157 Å². The number of imide groups is 2.